The van der Waals surface area contributed by atoms with Crippen molar-refractivity contribution < 1.29 is 4.39 Å². The fraction of sp³-hybridized carbons (Fsp3) is 0.538. The first kappa shape index (κ1) is 10.6. The standard InChI is InChI=1S/C13H18FN/c1-10-3-2-4-11(7-10)8-12-9-15-6-5-13(12)14/h2-4,7,12-13,15H,5-6,8-9H2,1H3. The summed E-state index contributed by atoms with van der Waals surface area (Å²) in [6, 6.07) is 8.37. The molecule has 0 saturated carbocycles. The van der Waals surface area contributed by atoms with E-state index in [2.05, 4.69) is 30.4 Å². The molecule has 1 N–H and O–H groups in total. The molecule has 0 bridgehead atoms. The highest BCUT2D eigenvalue weighted by Crippen LogP contribution is 2.20. The SMILES string of the molecule is Cc1cccc(CC2CNCCC2F)c1. The Morgan fingerprint density at radius 3 is 3.07 bits per heavy atom. The van der Waals surface area contributed by atoms with Crippen LogP contribution in [0.1, 0.15) is 17.5 Å². The number of halogens is 1. The summed E-state index contributed by atoms with van der Waals surface area (Å²) in [4.78, 5) is 0. The number of aryl methyl sites for hydroxylation is 1. The Morgan fingerprint density at radius 1 is 1.47 bits per heavy atom. The van der Waals surface area contributed by atoms with Gasteiger partial charge in [0.2, 0.25) is 0 Å². The second kappa shape index (κ2) is 4.75. The van der Waals surface area contributed by atoms with Gasteiger partial charge in [-0.1, -0.05) is 29.8 Å². The molecule has 1 aromatic carbocycles. The molecule has 2 atom stereocenters. The average Bonchev–Trinajstić information content (AvgIpc) is 2.22. The van der Waals surface area contributed by atoms with Crippen LogP contribution in [-0.2, 0) is 6.42 Å². The molecule has 82 valence electrons. The number of benzene rings is 1. The molecule has 1 aliphatic heterocycles. The average molecular weight is 207 g/mol. The molecule has 2 unspecified atom stereocenters. The molecule has 1 aromatic rings. The van der Waals surface area contributed by atoms with Crippen molar-refractivity contribution in [2.45, 2.75) is 25.9 Å². The zero-order valence-electron chi connectivity index (χ0n) is 9.17. The molecule has 0 amide bonds. The third-order valence-corrected chi connectivity index (χ3v) is 3.10. The van der Waals surface area contributed by atoms with Gasteiger partial charge in [0.25, 0.3) is 0 Å². The lowest BCUT2D eigenvalue weighted by Gasteiger charge is -2.26. The molecule has 1 saturated heterocycles. The zero-order valence-corrected chi connectivity index (χ0v) is 9.17. The summed E-state index contributed by atoms with van der Waals surface area (Å²) in [5.74, 6) is 0.153. The van der Waals surface area contributed by atoms with Crippen LogP contribution in [0.3, 0.4) is 0 Å². The lowest BCUT2D eigenvalue weighted by atomic mass is 9.90. The van der Waals surface area contributed by atoms with E-state index in [1.165, 1.54) is 11.1 Å². The molecule has 0 radical (unpaired) electrons. The van der Waals surface area contributed by atoms with Crippen LogP contribution in [0.2, 0.25) is 0 Å². The van der Waals surface area contributed by atoms with Crippen LogP contribution in [0.15, 0.2) is 24.3 Å². The summed E-state index contributed by atoms with van der Waals surface area (Å²) in [5.41, 5.74) is 2.51. The quantitative estimate of drug-likeness (QED) is 0.785. The van der Waals surface area contributed by atoms with Gasteiger partial charge in [-0.05, 0) is 31.9 Å². The van der Waals surface area contributed by atoms with Crippen molar-refractivity contribution in [3.8, 4) is 0 Å². The van der Waals surface area contributed by atoms with Gasteiger partial charge in [-0.2, -0.15) is 0 Å². The molecule has 1 nitrogen and oxygen atoms in total. The maximum Gasteiger partial charge on any atom is 0.106 e. The van der Waals surface area contributed by atoms with Gasteiger partial charge in [0.05, 0.1) is 0 Å². The van der Waals surface area contributed by atoms with Crippen LogP contribution >= 0.6 is 0 Å². The number of alkyl halides is 1. The normalized spacial score (nSPS) is 26.5. The number of hydrogen-bond donors (Lipinski definition) is 1. The number of rotatable bonds is 2. The van der Waals surface area contributed by atoms with Gasteiger partial charge >= 0.3 is 0 Å². The summed E-state index contributed by atoms with van der Waals surface area (Å²) in [6.45, 7) is 3.72. The van der Waals surface area contributed by atoms with Crippen molar-refractivity contribution >= 4 is 0 Å². The second-order valence-electron chi connectivity index (χ2n) is 4.46. The van der Waals surface area contributed by atoms with Gasteiger partial charge in [-0.15, -0.1) is 0 Å². The first-order chi connectivity index (χ1) is 7.25. The van der Waals surface area contributed by atoms with E-state index in [1.807, 2.05) is 6.07 Å². The number of nitrogens with one attached hydrogen (secondary N) is 1. The maximum atomic E-state index is 13.6. The van der Waals surface area contributed by atoms with Crippen LogP contribution in [0, 0.1) is 12.8 Å². The molecular weight excluding hydrogens is 189 g/mol. The van der Waals surface area contributed by atoms with Crippen LogP contribution in [0.5, 0.6) is 0 Å². The molecule has 0 aromatic heterocycles. The van der Waals surface area contributed by atoms with Gasteiger partial charge in [0.15, 0.2) is 0 Å². The van der Waals surface area contributed by atoms with E-state index in [9.17, 15) is 4.39 Å². The summed E-state index contributed by atoms with van der Waals surface area (Å²) < 4.78 is 13.6. The Hall–Kier alpha value is -0.890. The summed E-state index contributed by atoms with van der Waals surface area (Å²) in [7, 11) is 0. The first-order valence-corrected chi connectivity index (χ1v) is 5.66. The third kappa shape index (κ3) is 2.78. The Morgan fingerprint density at radius 2 is 2.33 bits per heavy atom. The summed E-state index contributed by atoms with van der Waals surface area (Å²) >= 11 is 0. The highest BCUT2D eigenvalue weighted by molar-refractivity contribution is 5.22. The lowest BCUT2D eigenvalue weighted by molar-refractivity contribution is 0.178. The molecule has 1 heterocycles. The molecule has 2 rings (SSSR count). The fourth-order valence-electron chi connectivity index (χ4n) is 2.23. The Kier molecular flexibility index (Phi) is 3.37. The van der Waals surface area contributed by atoms with E-state index >= 15 is 0 Å². The Bertz CT molecular complexity index is 324. The van der Waals surface area contributed by atoms with Crippen LogP contribution in [0.25, 0.3) is 0 Å². The van der Waals surface area contributed by atoms with Gasteiger partial charge in [0.1, 0.15) is 6.17 Å². The lowest BCUT2D eigenvalue weighted by Crippen LogP contribution is -2.38. The monoisotopic (exact) mass is 207 g/mol. The predicted octanol–water partition coefficient (Wildman–Crippen LogP) is 2.49. The van der Waals surface area contributed by atoms with E-state index in [0.717, 1.165) is 19.5 Å². The van der Waals surface area contributed by atoms with Crippen molar-refractivity contribution in [1.29, 1.82) is 0 Å². The van der Waals surface area contributed by atoms with Crippen molar-refractivity contribution in [2.24, 2.45) is 5.92 Å². The minimum Gasteiger partial charge on any atom is -0.316 e. The molecule has 2 heteroatoms. The summed E-state index contributed by atoms with van der Waals surface area (Å²) in [5, 5.41) is 3.26. The van der Waals surface area contributed by atoms with E-state index in [1.54, 1.807) is 0 Å². The molecule has 1 aliphatic rings. The Balaban J connectivity index is 2.01. The number of piperidine rings is 1. The van der Waals surface area contributed by atoms with Gasteiger partial charge in [-0.25, -0.2) is 4.39 Å². The Labute approximate surface area is 90.7 Å². The number of hydrogen-bond acceptors (Lipinski definition) is 1. The molecular formula is C13H18FN. The molecule has 15 heavy (non-hydrogen) atoms. The molecule has 1 fully saturated rings. The van der Waals surface area contributed by atoms with Crippen molar-refractivity contribution in [2.75, 3.05) is 13.1 Å². The van der Waals surface area contributed by atoms with Crippen molar-refractivity contribution in [3.63, 3.8) is 0 Å². The highest BCUT2D eigenvalue weighted by atomic mass is 19.1. The van der Waals surface area contributed by atoms with E-state index in [4.69, 9.17) is 0 Å². The van der Waals surface area contributed by atoms with Crippen LogP contribution in [-0.4, -0.2) is 19.3 Å². The van der Waals surface area contributed by atoms with Crippen LogP contribution in [0.4, 0.5) is 4.39 Å². The minimum absolute atomic E-state index is 0.153. The van der Waals surface area contributed by atoms with Gasteiger partial charge < -0.3 is 5.32 Å². The third-order valence-electron chi connectivity index (χ3n) is 3.10. The summed E-state index contributed by atoms with van der Waals surface area (Å²) in [6.07, 6.45) is 0.888. The fourth-order valence-corrected chi connectivity index (χ4v) is 2.23. The highest BCUT2D eigenvalue weighted by Gasteiger charge is 2.24. The maximum absolute atomic E-state index is 13.6. The van der Waals surface area contributed by atoms with E-state index < -0.39 is 6.17 Å². The van der Waals surface area contributed by atoms with Crippen molar-refractivity contribution in [1.82, 2.24) is 5.32 Å². The van der Waals surface area contributed by atoms with Gasteiger partial charge in [-0.3, -0.25) is 0 Å². The largest absolute Gasteiger partial charge is 0.316 e. The van der Waals surface area contributed by atoms with E-state index in [-0.39, 0.29) is 5.92 Å². The minimum atomic E-state index is -0.633. The van der Waals surface area contributed by atoms with Gasteiger partial charge in [0, 0.05) is 12.5 Å². The second-order valence-corrected chi connectivity index (χ2v) is 4.46. The molecule has 0 spiro atoms. The zero-order chi connectivity index (χ0) is 10.7. The molecule has 0 aliphatic carbocycles. The van der Waals surface area contributed by atoms with E-state index in [0.29, 0.717) is 6.42 Å². The topological polar surface area (TPSA) is 12.0 Å². The first-order valence-electron chi connectivity index (χ1n) is 5.66. The predicted molar refractivity (Wildman–Crippen MR) is 60.8 cm³/mol. The van der Waals surface area contributed by atoms with Crippen LogP contribution < -0.4 is 5.32 Å². The van der Waals surface area contributed by atoms with Crippen molar-refractivity contribution in [3.05, 3.63) is 35.4 Å². The smallest absolute Gasteiger partial charge is 0.106 e.